The van der Waals surface area contributed by atoms with Gasteiger partial charge in [-0.1, -0.05) is 0 Å². The van der Waals surface area contributed by atoms with Crippen LogP contribution in [0.25, 0.3) is 0 Å². The molecule has 0 aromatic rings. The summed E-state index contributed by atoms with van der Waals surface area (Å²) in [4.78, 5) is 0. The zero-order chi connectivity index (χ0) is 13.3. The number of hydrogen-bond acceptors (Lipinski definition) is 1. The van der Waals surface area contributed by atoms with Gasteiger partial charge in [-0.05, 0) is 0 Å². The second-order valence-electron chi connectivity index (χ2n) is 5.91. The van der Waals surface area contributed by atoms with E-state index in [-0.39, 0.29) is 0 Å². The van der Waals surface area contributed by atoms with Crippen LogP contribution in [0.3, 0.4) is 0 Å². The average molecular weight is 359 g/mol. The van der Waals surface area contributed by atoms with Gasteiger partial charge < -0.3 is 0 Å². The van der Waals surface area contributed by atoms with E-state index in [0.29, 0.717) is 4.12 Å². The summed E-state index contributed by atoms with van der Waals surface area (Å²) in [6, 6.07) is 0. The minimum atomic E-state index is -2.06. The second kappa shape index (κ2) is 9.28. The standard InChI is InChI=1S/C4H5O.3C4H9.Sn/c1-2-4-5-3-1;3*1-3-4-2;/h1,3-4H,2H2;3*1,3-4H2,2H3;. The Hall–Kier alpha value is 0.339. The van der Waals surface area contributed by atoms with Crippen LogP contribution in [0.5, 0.6) is 0 Å². The summed E-state index contributed by atoms with van der Waals surface area (Å²) in [7, 11) is 0. The maximum atomic E-state index is 6.02. The van der Waals surface area contributed by atoms with Gasteiger partial charge >= 0.3 is 119 Å². The number of unbranched alkanes of at least 4 members (excludes halogenated alkanes) is 3. The first-order valence-corrected chi connectivity index (χ1v) is 15.8. The van der Waals surface area contributed by atoms with Gasteiger partial charge in [0.1, 0.15) is 0 Å². The molecule has 1 rings (SSSR count). The van der Waals surface area contributed by atoms with Gasteiger partial charge in [-0.3, -0.25) is 0 Å². The molecule has 0 saturated heterocycles. The minimum absolute atomic E-state index is 0.670. The predicted molar refractivity (Wildman–Crippen MR) is 83.5 cm³/mol. The summed E-state index contributed by atoms with van der Waals surface area (Å²) in [5, 5.41) is 0. The van der Waals surface area contributed by atoms with Crippen LogP contribution in [-0.2, 0) is 4.74 Å². The summed E-state index contributed by atoms with van der Waals surface area (Å²) in [5.41, 5.74) is 0. The van der Waals surface area contributed by atoms with Crippen molar-refractivity contribution in [1.82, 2.24) is 0 Å². The Labute approximate surface area is 118 Å². The van der Waals surface area contributed by atoms with E-state index >= 15 is 0 Å². The summed E-state index contributed by atoms with van der Waals surface area (Å²) in [6.45, 7) is 7.01. The summed E-state index contributed by atoms with van der Waals surface area (Å²) >= 11 is -2.06. The molecular weight excluding hydrogens is 327 g/mol. The van der Waals surface area contributed by atoms with Crippen molar-refractivity contribution in [3.63, 3.8) is 0 Å². The Bertz CT molecular complexity index is 207. The molecule has 1 atom stereocenters. The van der Waals surface area contributed by atoms with Gasteiger partial charge in [-0.2, -0.15) is 0 Å². The molecule has 0 aromatic heterocycles. The average Bonchev–Trinajstić information content (AvgIpc) is 2.93. The van der Waals surface area contributed by atoms with Crippen molar-refractivity contribution < 1.29 is 4.74 Å². The molecule has 106 valence electrons. The van der Waals surface area contributed by atoms with Gasteiger partial charge in [0.2, 0.25) is 0 Å². The zero-order valence-electron chi connectivity index (χ0n) is 12.7. The van der Waals surface area contributed by atoms with Crippen molar-refractivity contribution >= 4 is 18.4 Å². The van der Waals surface area contributed by atoms with Crippen LogP contribution in [0.4, 0.5) is 0 Å². The molecule has 0 amide bonds. The molecule has 1 heterocycles. The summed E-state index contributed by atoms with van der Waals surface area (Å²) in [5.74, 6) is 0. The van der Waals surface area contributed by atoms with Gasteiger partial charge in [-0.15, -0.1) is 0 Å². The molecule has 2 heteroatoms. The molecule has 0 aliphatic carbocycles. The molecule has 0 aromatic carbocycles. The Kier molecular flexibility index (Phi) is 8.45. The molecule has 0 spiro atoms. The van der Waals surface area contributed by atoms with E-state index in [1.165, 1.54) is 44.9 Å². The number of ether oxygens (including phenoxy) is 1. The Morgan fingerprint density at radius 3 is 1.78 bits per heavy atom. The predicted octanol–water partition coefficient (Wildman–Crippen LogP) is 5.68. The van der Waals surface area contributed by atoms with Gasteiger partial charge in [0.15, 0.2) is 0 Å². The van der Waals surface area contributed by atoms with Crippen molar-refractivity contribution in [3.8, 4) is 0 Å². The first-order valence-electron chi connectivity index (χ1n) is 8.09. The zero-order valence-corrected chi connectivity index (χ0v) is 15.6. The molecule has 0 bridgehead atoms. The molecule has 1 aliphatic rings. The van der Waals surface area contributed by atoms with Crippen LogP contribution in [0.2, 0.25) is 13.3 Å². The molecule has 1 aliphatic heterocycles. The molecule has 0 fully saturated rings. The van der Waals surface area contributed by atoms with Crippen molar-refractivity contribution in [2.45, 2.75) is 83.1 Å². The normalized spacial score (nSPS) is 19.2. The molecular formula is C16H32OSn. The summed E-state index contributed by atoms with van der Waals surface area (Å²) in [6.07, 6.45) is 13.9. The van der Waals surface area contributed by atoms with E-state index in [1.807, 2.05) is 6.26 Å². The van der Waals surface area contributed by atoms with Gasteiger partial charge in [-0.25, -0.2) is 0 Å². The van der Waals surface area contributed by atoms with Crippen LogP contribution >= 0.6 is 0 Å². The van der Waals surface area contributed by atoms with Gasteiger partial charge in [0.25, 0.3) is 0 Å². The first-order chi connectivity index (χ1) is 8.79. The van der Waals surface area contributed by atoms with E-state index in [2.05, 4.69) is 26.8 Å². The van der Waals surface area contributed by atoms with E-state index < -0.39 is 18.4 Å². The fourth-order valence-corrected chi connectivity index (χ4v) is 20.0. The van der Waals surface area contributed by atoms with E-state index in [1.54, 1.807) is 13.3 Å². The first kappa shape index (κ1) is 16.4. The van der Waals surface area contributed by atoms with E-state index in [9.17, 15) is 0 Å². The number of hydrogen-bond donors (Lipinski definition) is 0. The van der Waals surface area contributed by atoms with E-state index in [4.69, 9.17) is 4.74 Å². The molecule has 1 unspecified atom stereocenters. The van der Waals surface area contributed by atoms with Crippen LogP contribution in [0, 0.1) is 0 Å². The van der Waals surface area contributed by atoms with Crippen LogP contribution < -0.4 is 0 Å². The molecule has 18 heavy (non-hydrogen) atoms. The SMILES string of the molecule is CCC[CH2][Sn]([CH2]CCC)([CH2]CCC)[CH]1CC=CO1. The Morgan fingerprint density at radius 2 is 1.44 bits per heavy atom. The maximum absolute atomic E-state index is 6.02. The Morgan fingerprint density at radius 1 is 0.944 bits per heavy atom. The fraction of sp³-hybridized carbons (Fsp3) is 0.875. The Balaban J connectivity index is 2.69. The molecule has 0 radical (unpaired) electrons. The number of rotatable bonds is 10. The monoisotopic (exact) mass is 360 g/mol. The van der Waals surface area contributed by atoms with Crippen LogP contribution in [0.15, 0.2) is 12.3 Å². The van der Waals surface area contributed by atoms with Gasteiger partial charge in [0.05, 0.1) is 0 Å². The van der Waals surface area contributed by atoms with Crippen LogP contribution in [-0.4, -0.2) is 22.5 Å². The molecule has 1 nitrogen and oxygen atoms in total. The third kappa shape index (κ3) is 4.79. The van der Waals surface area contributed by atoms with Gasteiger partial charge in [0, 0.05) is 0 Å². The van der Waals surface area contributed by atoms with E-state index in [0.717, 1.165) is 0 Å². The van der Waals surface area contributed by atoms with Crippen molar-refractivity contribution in [3.05, 3.63) is 12.3 Å². The third-order valence-corrected chi connectivity index (χ3v) is 21.0. The molecule has 0 N–H and O–H groups in total. The summed E-state index contributed by atoms with van der Waals surface area (Å²) < 4.78 is 11.4. The second-order valence-corrected chi connectivity index (χ2v) is 19.8. The topological polar surface area (TPSA) is 9.23 Å². The van der Waals surface area contributed by atoms with Crippen LogP contribution in [0.1, 0.15) is 65.7 Å². The third-order valence-electron chi connectivity index (χ3n) is 4.46. The molecule has 0 saturated carbocycles. The van der Waals surface area contributed by atoms with Crippen molar-refractivity contribution in [1.29, 1.82) is 0 Å². The van der Waals surface area contributed by atoms with Crippen molar-refractivity contribution in [2.24, 2.45) is 0 Å². The fourth-order valence-electron chi connectivity index (χ4n) is 3.22. The van der Waals surface area contributed by atoms with Crippen molar-refractivity contribution in [2.75, 3.05) is 0 Å². The quantitative estimate of drug-likeness (QED) is 0.456.